The van der Waals surface area contributed by atoms with Gasteiger partial charge >= 0.3 is 0 Å². The van der Waals surface area contributed by atoms with Crippen molar-refractivity contribution in [3.8, 4) is 0 Å². The Balaban J connectivity index is 2.53. The first-order valence-corrected chi connectivity index (χ1v) is 6.43. The maximum Gasteiger partial charge on any atom is 0.189 e. The summed E-state index contributed by atoms with van der Waals surface area (Å²) < 4.78 is 4.98. The van der Waals surface area contributed by atoms with E-state index in [9.17, 15) is 0 Å². The van der Waals surface area contributed by atoms with E-state index in [0.29, 0.717) is 5.69 Å². The van der Waals surface area contributed by atoms with Gasteiger partial charge < -0.3 is 15.7 Å². The van der Waals surface area contributed by atoms with Crippen LogP contribution in [0.15, 0.2) is 23.5 Å². The van der Waals surface area contributed by atoms with Crippen molar-refractivity contribution in [2.75, 3.05) is 19.5 Å². The number of rotatable bonds is 7. The third-order valence-electron chi connectivity index (χ3n) is 2.14. The summed E-state index contributed by atoms with van der Waals surface area (Å²) in [6.07, 6.45) is 2.65. The average molecular weight is 255 g/mol. The number of oxime groups is 1. The second-order valence-electron chi connectivity index (χ2n) is 3.40. The highest BCUT2D eigenvalue weighted by molar-refractivity contribution is 7.98. The van der Waals surface area contributed by atoms with Crippen LogP contribution in [0.1, 0.15) is 17.7 Å². The number of thioether (sulfide) groups is 1. The zero-order chi connectivity index (χ0) is 12.5. The molecule has 1 aromatic heterocycles. The van der Waals surface area contributed by atoms with Gasteiger partial charge in [0.05, 0.1) is 0 Å². The van der Waals surface area contributed by atoms with Gasteiger partial charge in [-0.3, -0.25) is 4.98 Å². The molecule has 0 saturated carbocycles. The van der Waals surface area contributed by atoms with E-state index in [1.807, 2.05) is 12.1 Å². The Labute approximate surface area is 105 Å². The molecule has 0 aliphatic heterocycles. The van der Waals surface area contributed by atoms with Crippen LogP contribution in [0.5, 0.6) is 0 Å². The van der Waals surface area contributed by atoms with Crippen LogP contribution in [-0.4, -0.2) is 35.5 Å². The molecule has 1 heterocycles. The third-order valence-corrected chi connectivity index (χ3v) is 3.23. The molecule has 0 aliphatic rings. The number of methoxy groups -OCH3 is 1. The smallest absolute Gasteiger partial charge is 0.189 e. The molecule has 0 bridgehead atoms. The van der Waals surface area contributed by atoms with E-state index in [2.05, 4.69) is 10.1 Å². The third kappa shape index (κ3) is 4.62. The van der Waals surface area contributed by atoms with Gasteiger partial charge in [-0.05, 0) is 23.8 Å². The summed E-state index contributed by atoms with van der Waals surface area (Å²) in [7, 11) is 1.70. The first-order valence-electron chi connectivity index (χ1n) is 5.28. The monoisotopic (exact) mass is 255 g/mol. The Morgan fingerprint density at radius 3 is 3.18 bits per heavy atom. The van der Waals surface area contributed by atoms with Gasteiger partial charge in [-0.15, -0.1) is 0 Å². The van der Waals surface area contributed by atoms with Gasteiger partial charge in [0.15, 0.2) is 5.84 Å². The molecule has 0 aliphatic carbocycles. The summed E-state index contributed by atoms with van der Waals surface area (Å²) in [5.74, 6) is 1.86. The highest BCUT2D eigenvalue weighted by Gasteiger charge is 2.07. The standard InChI is InChI=1S/C11H17N3O2S/c1-16-6-3-7-17-8-9-4-2-5-13-10(9)11(12)14-15/h2,4-5,15H,3,6-8H2,1H3,(H2,12,14). The minimum atomic E-state index is 0.0538. The van der Waals surface area contributed by atoms with Crippen LogP contribution in [-0.2, 0) is 10.5 Å². The largest absolute Gasteiger partial charge is 0.409 e. The van der Waals surface area contributed by atoms with Crippen molar-refractivity contribution >= 4 is 17.6 Å². The quantitative estimate of drug-likeness (QED) is 0.253. The molecule has 6 heteroatoms. The first kappa shape index (κ1) is 13.8. The number of aromatic nitrogens is 1. The fourth-order valence-corrected chi connectivity index (χ4v) is 2.24. The molecule has 0 atom stereocenters. The first-order chi connectivity index (χ1) is 8.29. The molecule has 5 nitrogen and oxygen atoms in total. The second kappa shape index (κ2) is 7.92. The molecule has 1 rings (SSSR count). The summed E-state index contributed by atoms with van der Waals surface area (Å²) in [4.78, 5) is 4.11. The van der Waals surface area contributed by atoms with Crippen LogP contribution in [0.2, 0.25) is 0 Å². The minimum Gasteiger partial charge on any atom is -0.409 e. The maximum absolute atomic E-state index is 8.65. The molecule has 0 spiro atoms. The van der Waals surface area contributed by atoms with Crippen molar-refractivity contribution < 1.29 is 9.94 Å². The van der Waals surface area contributed by atoms with E-state index in [4.69, 9.17) is 15.7 Å². The molecule has 0 unspecified atom stereocenters. The highest BCUT2D eigenvalue weighted by Crippen LogP contribution is 2.15. The van der Waals surface area contributed by atoms with Crippen LogP contribution in [0.3, 0.4) is 0 Å². The van der Waals surface area contributed by atoms with E-state index in [-0.39, 0.29) is 5.84 Å². The van der Waals surface area contributed by atoms with E-state index < -0.39 is 0 Å². The minimum absolute atomic E-state index is 0.0538. The van der Waals surface area contributed by atoms with Crippen LogP contribution in [0.25, 0.3) is 0 Å². The fourth-order valence-electron chi connectivity index (χ4n) is 1.32. The molecule has 3 N–H and O–H groups in total. The van der Waals surface area contributed by atoms with Crippen molar-refractivity contribution in [3.63, 3.8) is 0 Å². The van der Waals surface area contributed by atoms with Crippen LogP contribution >= 0.6 is 11.8 Å². The number of nitrogens with two attached hydrogens (primary N) is 1. The lowest BCUT2D eigenvalue weighted by atomic mass is 10.2. The second-order valence-corrected chi connectivity index (χ2v) is 4.50. The average Bonchev–Trinajstić information content (AvgIpc) is 2.38. The van der Waals surface area contributed by atoms with Crippen molar-refractivity contribution in [3.05, 3.63) is 29.6 Å². The Hall–Kier alpha value is -1.27. The van der Waals surface area contributed by atoms with Gasteiger partial charge in [-0.2, -0.15) is 11.8 Å². The van der Waals surface area contributed by atoms with Crippen LogP contribution < -0.4 is 5.73 Å². The lowest BCUT2D eigenvalue weighted by Gasteiger charge is -2.06. The Morgan fingerprint density at radius 2 is 2.47 bits per heavy atom. The molecular weight excluding hydrogens is 238 g/mol. The number of hydrogen-bond donors (Lipinski definition) is 2. The zero-order valence-corrected chi connectivity index (χ0v) is 10.6. The van der Waals surface area contributed by atoms with Crippen molar-refractivity contribution in [1.29, 1.82) is 0 Å². The molecule has 17 heavy (non-hydrogen) atoms. The van der Waals surface area contributed by atoms with E-state index >= 15 is 0 Å². The van der Waals surface area contributed by atoms with Crippen molar-refractivity contribution in [1.82, 2.24) is 4.98 Å². The Morgan fingerprint density at radius 1 is 1.65 bits per heavy atom. The number of amidine groups is 1. The fraction of sp³-hybridized carbons (Fsp3) is 0.455. The molecule has 0 saturated heterocycles. The molecule has 94 valence electrons. The van der Waals surface area contributed by atoms with Crippen molar-refractivity contribution in [2.24, 2.45) is 10.9 Å². The molecule has 0 fully saturated rings. The summed E-state index contributed by atoms with van der Waals surface area (Å²) >= 11 is 1.78. The molecule has 0 radical (unpaired) electrons. The molecular formula is C11H17N3O2S. The predicted molar refractivity (Wildman–Crippen MR) is 69.4 cm³/mol. The lowest BCUT2D eigenvalue weighted by molar-refractivity contribution is 0.200. The SMILES string of the molecule is COCCCSCc1cccnc1/C(N)=N/O. The maximum atomic E-state index is 8.65. The summed E-state index contributed by atoms with van der Waals surface area (Å²) in [5, 5.41) is 11.6. The topological polar surface area (TPSA) is 80.7 Å². The summed E-state index contributed by atoms with van der Waals surface area (Å²) in [6, 6.07) is 3.78. The zero-order valence-electron chi connectivity index (χ0n) is 9.80. The van der Waals surface area contributed by atoms with Gasteiger partial charge in [0.25, 0.3) is 0 Å². The number of hydrogen-bond acceptors (Lipinski definition) is 5. The van der Waals surface area contributed by atoms with Gasteiger partial charge in [0.2, 0.25) is 0 Å². The van der Waals surface area contributed by atoms with Crippen LogP contribution in [0.4, 0.5) is 0 Å². The molecule has 0 aromatic carbocycles. The summed E-state index contributed by atoms with van der Waals surface area (Å²) in [6.45, 7) is 0.771. The highest BCUT2D eigenvalue weighted by atomic mass is 32.2. The summed E-state index contributed by atoms with van der Waals surface area (Å²) in [5.41, 5.74) is 7.08. The lowest BCUT2D eigenvalue weighted by Crippen LogP contribution is -2.17. The van der Waals surface area contributed by atoms with Crippen LogP contribution in [0, 0.1) is 0 Å². The molecule has 0 amide bonds. The van der Waals surface area contributed by atoms with Gasteiger partial charge in [-0.25, -0.2) is 0 Å². The Kier molecular flexibility index (Phi) is 6.42. The normalized spacial score (nSPS) is 11.7. The van der Waals surface area contributed by atoms with E-state index in [0.717, 1.165) is 30.1 Å². The Bertz CT molecular complexity index is 371. The van der Waals surface area contributed by atoms with E-state index in [1.165, 1.54) is 0 Å². The number of ether oxygens (including phenoxy) is 1. The van der Waals surface area contributed by atoms with E-state index in [1.54, 1.807) is 25.1 Å². The number of nitrogens with zero attached hydrogens (tertiary/aromatic N) is 2. The number of pyridine rings is 1. The molecule has 1 aromatic rings. The predicted octanol–water partition coefficient (Wildman–Crippen LogP) is 1.45. The van der Waals surface area contributed by atoms with Crippen molar-refractivity contribution in [2.45, 2.75) is 12.2 Å². The van der Waals surface area contributed by atoms with Gasteiger partial charge in [0.1, 0.15) is 5.69 Å². The van der Waals surface area contributed by atoms with Gasteiger partial charge in [-0.1, -0.05) is 11.2 Å². The van der Waals surface area contributed by atoms with Gasteiger partial charge in [0, 0.05) is 25.7 Å².